The van der Waals surface area contributed by atoms with E-state index in [-0.39, 0.29) is 0 Å². The van der Waals surface area contributed by atoms with E-state index >= 15 is 0 Å². The van der Waals surface area contributed by atoms with Crippen molar-refractivity contribution in [3.05, 3.63) is 48.1 Å². The number of hydrogen-bond donors (Lipinski definition) is 0. The van der Waals surface area contributed by atoms with Crippen molar-refractivity contribution in [2.24, 2.45) is 0 Å². The highest BCUT2D eigenvalue weighted by Crippen LogP contribution is 2.14. The molecule has 0 radical (unpaired) electrons. The molecular weight excluding hydrogens is 120 g/mol. The van der Waals surface area contributed by atoms with Crippen LogP contribution >= 0.6 is 0 Å². The minimum Gasteiger partial charge on any atom is -0.0991 e. The van der Waals surface area contributed by atoms with Crippen molar-refractivity contribution in [1.82, 2.24) is 0 Å². The average molecular weight is 132 g/mol. The molecule has 0 heterocycles. The third kappa shape index (κ3) is 1.73. The van der Waals surface area contributed by atoms with Gasteiger partial charge in [0.15, 0.2) is 0 Å². The standard InChI is InChI=1S/C10H12/c1-3-5-10-7-4-6-9(2)8-10/h3-6,8H,1,7H2,2H3/b10-5+. The number of hydrogen-bond acceptors (Lipinski definition) is 0. The lowest BCUT2D eigenvalue weighted by Gasteiger charge is -2.03. The molecule has 0 heteroatoms. The smallest absolute Gasteiger partial charge is 0.00941 e. The summed E-state index contributed by atoms with van der Waals surface area (Å²) < 4.78 is 0. The number of rotatable bonds is 1. The Morgan fingerprint density at radius 2 is 2.40 bits per heavy atom. The Hall–Kier alpha value is -1.04. The summed E-state index contributed by atoms with van der Waals surface area (Å²) >= 11 is 0. The summed E-state index contributed by atoms with van der Waals surface area (Å²) in [7, 11) is 0. The van der Waals surface area contributed by atoms with Crippen LogP contribution < -0.4 is 0 Å². The molecule has 52 valence electrons. The van der Waals surface area contributed by atoms with Crippen molar-refractivity contribution < 1.29 is 0 Å². The summed E-state index contributed by atoms with van der Waals surface area (Å²) in [6.45, 7) is 5.75. The molecule has 10 heavy (non-hydrogen) atoms. The van der Waals surface area contributed by atoms with Crippen LogP contribution in [0, 0.1) is 0 Å². The van der Waals surface area contributed by atoms with E-state index in [4.69, 9.17) is 0 Å². The summed E-state index contributed by atoms with van der Waals surface area (Å²) in [5.41, 5.74) is 2.66. The van der Waals surface area contributed by atoms with Crippen LogP contribution in [0.25, 0.3) is 0 Å². The summed E-state index contributed by atoms with van der Waals surface area (Å²) in [5.74, 6) is 0. The van der Waals surface area contributed by atoms with Crippen LogP contribution in [0.4, 0.5) is 0 Å². The minimum atomic E-state index is 1.04. The lowest BCUT2D eigenvalue weighted by Crippen LogP contribution is -1.83. The van der Waals surface area contributed by atoms with Gasteiger partial charge in [0.2, 0.25) is 0 Å². The van der Waals surface area contributed by atoms with Crippen LogP contribution in [-0.4, -0.2) is 0 Å². The maximum atomic E-state index is 3.65. The lowest BCUT2D eigenvalue weighted by atomic mass is 10.0. The van der Waals surface area contributed by atoms with Crippen LogP contribution in [0.15, 0.2) is 48.1 Å². The Labute approximate surface area is 62.3 Å². The van der Waals surface area contributed by atoms with Crippen molar-refractivity contribution in [3.8, 4) is 0 Å². The second-order valence-corrected chi connectivity index (χ2v) is 2.47. The fourth-order valence-electron chi connectivity index (χ4n) is 1.05. The third-order valence-corrected chi connectivity index (χ3v) is 1.48. The largest absolute Gasteiger partial charge is 0.0991 e. The first-order valence-corrected chi connectivity index (χ1v) is 3.49. The first-order chi connectivity index (χ1) is 4.83. The van der Waals surface area contributed by atoms with E-state index in [1.807, 2.05) is 12.2 Å². The molecule has 0 aromatic carbocycles. The topological polar surface area (TPSA) is 0 Å². The molecular formula is C10H12. The molecule has 0 aromatic heterocycles. The fraction of sp³-hybridized carbons (Fsp3) is 0.200. The highest BCUT2D eigenvalue weighted by molar-refractivity contribution is 5.36. The highest BCUT2D eigenvalue weighted by Gasteiger charge is 1.94. The minimum absolute atomic E-state index is 1.04. The molecule has 0 amide bonds. The fourth-order valence-corrected chi connectivity index (χ4v) is 1.05. The second-order valence-electron chi connectivity index (χ2n) is 2.47. The van der Waals surface area contributed by atoms with Gasteiger partial charge >= 0.3 is 0 Å². The quantitative estimate of drug-likeness (QED) is 0.514. The Morgan fingerprint density at radius 3 is 3.00 bits per heavy atom. The zero-order valence-corrected chi connectivity index (χ0v) is 6.30. The summed E-state index contributed by atoms with van der Waals surface area (Å²) in [6.07, 6.45) is 11.4. The molecule has 0 aromatic rings. The van der Waals surface area contributed by atoms with E-state index in [0.29, 0.717) is 0 Å². The zero-order valence-electron chi connectivity index (χ0n) is 6.30. The Morgan fingerprint density at radius 1 is 1.60 bits per heavy atom. The summed E-state index contributed by atoms with van der Waals surface area (Å²) in [5, 5.41) is 0. The van der Waals surface area contributed by atoms with E-state index in [0.717, 1.165) is 6.42 Å². The molecule has 1 aliphatic rings. The average Bonchev–Trinajstić information content (AvgIpc) is 1.88. The van der Waals surface area contributed by atoms with E-state index in [2.05, 4.69) is 31.7 Å². The Bertz CT molecular complexity index is 214. The van der Waals surface area contributed by atoms with Gasteiger partial charge in [0.25, 0.3) is 0 Å². The van der Waals surface area contributed by atoms with Crippen LogP contribution in [0.1, 0.15) is 13.3 Å². The van der Waals surface area contributed by atoms with Crippen LogP contribution in [0.3, 0.4) is 0 Å². The summed E-state index contributed by atoms with van der Waals surface area (Å²) in [6, 6.07) is 0. The maximum absolute atomic E-state index is 3.65. The van der Waals surface area contributed by atoms with E-state index in [1.54, 1.807) is 0 Å². The van der Waals surface area contributed by atoms with Gasteiger partial charge in [-0.15, -0.1) is 0 Å². The molecule has 0 spiro atoms. The van der Waals surface area contributed by atoms with Gasteiger partial charge in [-0.2, -0.15) is 0 Å². The first-order valence-electron chi connectivity index (χ1n) is 3.49. The third-order valence-electron chi connectivity index (χ3n) is 1.48. The molecule has 0 aliphatic heterocycles. The van der Waals surface area contributed by atoms with Crippen LogP contribution in [0.2, 0.25) is 0 Å². The van der Waals surface area contributed by atoms with Crippen LogP contribution in [0.5, 0.6) is 0 Å². The lowest BCUT2D eigenvalue weighted by molar-refractivity contribution is 1.23. The molecule has 0 N–H and O–H groups in total. The van der Waals surface area contributed by atoms with E-state index < -0.39 is 0 Å². The molecule has 0 nitrogen and oxygen atoms in total. The zero-order chi connectivity index (χ0) is 7.40. The monoisotopic (exact) mass is 132 g/mol. The van der Waals surface area contributed by atoms with Gasteiger partial charge in [-0.3, -0.25) is 0 Å². The van der Waals surface area contributed by atoms with E-state index in [1.165, 1.54) is 11.1 Å². The van der Waals surface area contributed by atoms with Crippen molar-refractivity contribution in [1.29, 1.82) is 0 Å². The molecule has 1 rings (SSSR count). The van der Waals surface area contributed by atoms with E-state index in [9.17, 15) is 0 Å². The normalized spacial score (nSPS) is 20.9. The Kier molecular flexibility index (Phi) is 2.27. The predicted molar refractivity (Wildman–Crippen MR) is 45.8 cm³/mol. The Balaban J connectivity index is 2.77. The van der Waals surface area contributed by atoms with Gasteiger partial charge in [-0.25, -0.2) is 0 Å². The first kappa shape index (κ1) is 7.07. The molecule has 0 saturated carbocycles. The van der Waals surface area contributed by atoms with Gasteiger partial charge in [0, 0.05) is 0 Å². The molecule has 0 unspecified atom stereocenters. The summed E-state index contributed by atoms with van der Waals surface area (Å²) in [4.78, 5) is 0. The van der Waals surface area contributed by atoms with Crippen molar-refractivity contribution >= 4 is 0 Å². The van der Waals surface area contributed by atoms with Gasteiger partial charge in [-0.05, 0) is 18.9 Å². The maximum Gasteiger partial charge on any atom is -0.00941 e. The second kappa shape index (κ2) is 3.21. The van der Waals surface area contributed by atoms with Crippen molar-refractivity contribution in [2.45, 2.75) is 13.3 Å². The van der Waals surface area contributed by atoms with Crippen LogP contribution in [-0.2, 0) is 0 Å². The van der Waals surface area contributed by atoms with Gasteiger partial charge in [-0.1, -0.05) is 42.5 Å². The number of allylic oxidation sites excluding steroid dienone is 7. The predicted octanol–water partition coefficient (Wildman–Crippen LogP) is 3.01. The van der Waals surface area contributed by atoms with Crippen molar-refractivity contribution in [3.63, 3.8) is 0 Å². The van der Waals surface area contributed by atoms with Gasteiger partial charge in [0.05, 0.1) is 0 Å². The molecule has 0 bridgehead atoms. The molecule has 0 atom stereocenters. The highest BCUT2D eigenvalue weighted by atomic mass is 14.0. The molecule has 1 aliphatic carbocycles. The van der Waals surface area contributed by atoms with Gasteiger partial charge in [0.1, 0.15) is 0 Å². The molecule has 0 saturated heterocycles. The van der Waals surface area contributed by atoms with Crippen molar-refractivity contribution in [2.75, 3.05) is 0 Å². The van der Waals surface area contributed by atoms with Gasteiger partial charge < -0.3 is 0 Å². The molecule has 0 fully saturated rings. The SMILES string of the molecule is C=C/C=C1/C=C(C)C=CC1.